The highest BCUT2D eigenvalue weighted by Gasteiger charge is 2.10. The first kappa shape index (κ1) is 14.5. The highest BCUT2D eigenvalue weighted by atomic mass is 79.9. The van der Waals surface area contributed by atoms with E-state index in [0.717, 1.165) is 14.4 Å². The molecular formula is C12H12BrN3OS2. The molecule has 2 rings (SSSR count). The molecule has 0 bridgehead atoms. The summed E-state index contributed by atoms with van der Waals surface area (Å²) in [6.07, 6.45) is 0. The lowest BCUT2D eigenvalue weighted by atomic mass is 10.1. The zero-order chi connectivity index (χ0) is 13.7. The number of nitrogens with zero attached hydrogens (tertiary/aromatic N) is 2. The predicted molar refractivity (Wildman–Crippen MR) is 81.3 cm³/mol. The minimum atomic E-state index is -0.00406. The summed E-state index contributed by atoms with van der Waals surface area (Å²) in [5.41, 5.74) is 2.74. The van der Waals surface area contributed by atoms with Crippen molar-refractivity contribution >= 4 is 44.9 Å². The van der Waals surface area contributed by atoms with Crippen molar-refractivity contribution in [1.82, 2.24) is 15.5 Å². The van der Waals surface area contributed by atoms with Gasteiger partial charge >= 0.3 is 0 Å². The predicted octanol–water partition coefficient (Wildman–Crippen LogP) is 3.27. The molecule has 2 aromatic rings. The van der Waals surface area contributed by atoms with Crippen molar-refractivity contribution in [3.8, 4) is 0 Å². The van der Waals surface area contributed by atoms with Gasteiger partial charge in [0.05, 0.1) is 11.8 Å². The van der Waals surface area contributed by atoms with Crippen molar-refractivity contribution in [1.29, 1.82) is 0 Å². The van der Waals surface area contributed by atoms with Gasteiger partial charge in [-0.3, -0.25) is 4.79 Å². The third-order valence-electron chi connectivity index (χ3n) is 2.41. The Bertz CT molecular complexity index is 530. The van der Waals surface area contributed by atoms with Crippen molar-refractivity contribution in [3.05, 3.63) is 39.8 Å². The number of carbonyl (C=O) groups excluding carboxylic acids is 1. The quantitative estimate of drug-likeness (QED) is 0.834. The van der Waals surface area contributed by atoms with Crippen molar-refractivity contribution < 1.29 is 4.79 Å². The second-order valence-electron chi connectivity index (χ2n) is 3.83. The molecule has 1 atom stereocenters. The van der Waals surface area contributed by atoms with E-state index >= 15 is 0 Å². The van der Waals surface area contributed by atoms with E-state index in [2.05, 4.69) is 31.4 Å². The molecule has 0 fully saturated rings. The van der Waals surface area contributed by atoms with Gasteiger partial charge in [0.2, 0.25) is 5.91 Å². The number of hydrogen-bond donors (Lipinski definition) is 1. The molecule has 0 aliphatic rings. The molecule has 19 heavy (non-hydrogen) atoms. The fourth-order valence-corrected chi connectivity index (χ4v) is 3.03. The Hall–Kier alpha value is -0.920. The number of hydrogen-bond acceptors (Lipinski definition) is 5. The van der Waals surface area contributed by atoms with Crippen LogP contribution in [0, 0.1) is 0 Å². The van der Waals surface area contributed by atoms with Crippen LogP contribution in [0.4, 0.5) is 0 Å². The van der Waals surface area contributed by atoms with Crippen LogP contribution in [0.25, 0.3) is 0 Å². The molecule has 100 valence electrons. The molecule has 1 N–H and O–H groups in total. The molecule has 7 heteroatoms. The molecule has 1 aromatic heterocycles. The van der Waals surface area contributed by atoms with Crippen molar-refractivity contribution in [2.45, 2.75) is 17.3 Å². The monoisotopic (exact) mass is 357 g/mol. The Kier molecular flexibility index (Phi) is 5.35. The van der Waals surface area contributed by atoms with Gasteiger partial charge in [0, 0.05) is 4.47 Å². The normalized spacial score (nSPS) is 12.1. The molecule has 0 saturated carbocycles. The van der Waals surface area contributed by atoms with Crippen LogP contribution in [0.5, 0.6) is 0 Å². The van der Waals surface area contributed by atoms with Gasteiger partial charge in [-0.1, -0.05) is 51.2 Å². The summed E-state index contributed by atoms with van der Waals surface area (Å²) < 4.78 is 1.84. The van der Waals surface area contributed by atoms with Crippen LogP contribution in [-0.2, 0) is 4.79 Å². The Morgan fingerprint density at radius 1 is 1.47 bits per heavy atom. The molecule has 1 amide bonds. The van der Waals surface area contributed by atoms with Crippen LogP contribution in [0.15, 0.2) is 38.6 Å². The fraction of sp³-hybridized carbons (Fsp3) is 0.250. The van der Waals surface area contributed by atoms with E-state index in [4.69, 9.17) is 0 Å². The number of thioether (sulfide) groups is 1. The van der Waals surface area contributed by atoms with Gasteiger partial charge in [0.15, 0.2) is 4.34 Å². The van der Waals surface area contributed by atoms with Crippen molar-refractivity contribution in [3.63, 3.8) is 0 Å². The summed E-state index contributed by atoms with van der Waals surface area (Å²) in [6.45, 7) is 1.97. The number of benzene rings is 1. The highest BCUT2D eigenvalue weighted by Crippen LogP contribution is 2.20. The Balaban J connectivity index is 1.83. The summed E-state index contributed by atoms with van der Waals surface area (Å²) in [5.74, 6) is 0.353. The largest absolute Gasteiger partial charge is 0.349 e. The number of nitrogens with one attached hydrogen (secondary N) is 1. The molecular weight excluding hydrogens is 346 g/mol. The topological polar surface area (TPSA) is 54.9 Å². The smallest absolute Gasteiger partial charge is 0.230 e. The van der Waals surface area contributed by atoms with Crippen LogP contribution < -0.4 is 5.32 Å². The third-order valence-corrected chi connectivity index (χ3v) is 4.80. The van der Waals surface area contributed by atoms with Crippen LogP contribution in [0.1, 0.15) is 18.5 Å². The molecule has 0 aliphatic carbocycles. The zero-order valence-electron chi connectivity index (χ0n) is 10.2. The zero-order valence-corrected chi connectivity index (χ0v) is 13.4. The second kappa shape index (κ2) is 7.02. The minimum Gasteiger partial charge on any atom is -0.349 e. The van der Waals surface area contributed by atoms with Crippen LogP contribution >= 0.6 is 39.0 Å². The van der Waals surface area contributed by atoms with E-state index in [-0.39, 0.29) is 11.9 Å². The molecule has 0 radical (unpaired) electrons. The highest BCUT2D eigenvalue weighted by molar-refractivity contribution is 9.10. The average Bonchev–Trinajstić information content (AvgIpc) is 2.90. The maximum atomic E-state index is 11.8. The maximum Gasteiger partial charge on any atom is 0.230 e. The van der Waals surface area contributed by atoms with Gasteiger partial charge in [-0.25, -0.2) is 0 Å². The fourth-order valence-electron chi connectivity index (χ4n) is 1.47. The number of amides is 1. The Morgan fingerprint density at radius 2 is 2.21 bits per heavy atom. The SMILES string of the molecule is C[C@@H](NC(=O)CSc1nncs1)c1ccc(Br)cc1. The average molecular weight is 358 g/mol. The lowest BCUT2D eigenvalue weighted by Crippen LogP contribution is -2.28. The van der Waals surface area contributed by atoms with Gasteiger partial charge < -0.3 is 5.32 Å². The van der Waals surface area contributed by atoms with Crippen molar-refractivity contribution in [2.75, 3.05) is 5.75 Å². The Labute approximate surface area is 128 Å². The van der Waals surface area contributed by atoms with E-state index in [1.54, 1.807) is 5.51 Å². The molecule has 0 spiro atoms. The first-order valence-electron chi connectivity index (χ1n) is 5.59. The molecule has 1 aromatic carbocycles. The number of halogens is 1. The molecule has 4 nitrogen and oxygen atoms in total. The standard InChI is InChI=1S/C12H12BrN3OS2/c1-8(9-2-4-10(13)5-3-9)15-11(17)6-18-12-16-14-7-19-12/h2-5,7-8H,6H2,1H3,(H,15,17)/t8-/m1/s1. The summed E-state index contributed by atoms with van der Waals surface area (Å²) in [5, 5.41) is 10.6. The van der Waals surface area contributed by atoms with E-state index in [1.165, 1.54) is 23.1 Å². The van der Waals surface area contributed by atoms with E-state index < -0.39 is 0 Å². The summed E-state index contributed by atoms with van der Waals surface area (Å²) in [7, 11) is 0. The molecule has 0 aliphatic heterocycles. The lowest BCUT2D eigenvalue weighted by molar-refractivity contribution is -0.119. The van der Waals surface area contributed by atoms with Crippen molar-refractivity contribution in [2.24, 2.45) is 0 Å². The number of rotatable bonds is 5. The van der Waals surface area contributed by atoms with Crippen LogP contribution in [0.2, 0.25) is 0 Å². The van der Waals surface area contributed by atoms with E-state index in [0.29, 0.717) is 5.75 Å². The first-order valence-corrected chi connectivity index (χ1v) is 8.25. The summed E-state index contributed by atoms with van der Waals surface area (Å²) in [4.78, 5) is 11.8. The van der Waals surface area contributed by atoms with Crippen LogP contribution in [-0.4, -0.2) is 21.9 Å². The van der Waals surface area contributed by atoms with Gasteiger partial charge in [-0.15, -0.1) is 10.2 Å². The second-order valence-corrected chi connectivity index (χ2v) is 6.81. The summed E-state index contributed by atoms with van der Waals surface area (Å²) in [6, 6.07) is 7.91. The first-order chi connectivity index (χ1) is 9.15. The third kappa shape index (κ3) is 4.59. The van der Waals surface area contributed by atoms with E-state index in [9.17, 15) is 4.79 Å². The van der Waals surface area contributed by atoms with Crippen LogP contribution in [0.3, 0.4) is 0 Å². The van der Waals surface area contributed by atoms with Gasteiger partial charge in [0.1, 0.15) is 5.51 Å². The minimum absolute atomic E-state index is 0.00406. The molecule has 0 saturated heterocycles. The summed E-state index contributed by atoms with van der Waals surface area (Å²) >= 11 is 6.23. The lowest BCUT2D eigenvalue weighted by Gasteiger charge is -2.14. The van der Waals surface area contributed by atoms with Gasteiger partial charge in [0.25, 0.3) is 0 Å². The number of aromatic nitrogens is 2. The molecule has 1 heterocycles. The maximum absolute atomic E-state index is 11.8. The number of carbonyl (C=O) groups is 1. The Morgan fingerprint density at radius 3 is 2.84 bits per heavy atom. The van der Waals surface area contributed by atoms with Gasteiger partial charge in [-0.05, 0) is 24.6 Å². The van der Waals surface area contributed by atoms with E-state index in [1.807, 2.05) is 31.2 Å². The van der Waals surface area contributed by atoms with Gasteiger partial charge in [-0.2, -0.15) is 0 Å². The molecule has 0 unspecified atom stereocenters.